The number of aromatic nitrogens is 3. The summed E-state index contributed by atoms with van der Waals surface area (Å²) >= 11 is 0. The molecule has 1 aliphatic heterocycles. The predicted octanol–water partition coefficient (Wildman–Crippen LogP) is 3.18. The lowest BCUT2D eigenvalue weighted by Gasteiger charge is -2.18. The van der Waals surface area contributed by atoms with Crippen LogP contribution in [0.1, 0.15) is 17.7 Å². The summed E-state index contributed by atoms with van der Waals surface area (Å²) in [5.74, 6) is 1.08. The monoisotopic (exact) mass is 324 g/mol. The second-order valence-electron chi connectivity index (χ2n) is 5.74. The second kappa shape index (κ2) is 5.84. The van der Waals surface area contributed by atoms with Crippen molar-refractivity contribution in [3.63, 3.8) is 0 Å². The Morgan fingerprint density at radius 3 is 3.08 bits per heavy atom. The standard InChI is InChI=1S/C17H16N4O3/c22-17(23)21-7-1-2-15-13(9-21)16(20-10-19-15)24-12-3-4-14-11(8-12)5-6-18-14/h3-6,8,10,18H,1-2,7,9H2,(H,22,23). The van der Waals surface area contributed by atoms with Crippen LogP contribution in [0, 0.1) is 0 Å². The van der Waals surface area contributed by atoms with Crippen LogP contribution in [0.3, 0.4) is 0 Å². The molecule has 0 unspecified atom stereocenters. The highest BCUT2D eigenvalue weighted by Crippen LogP contribution is 2.29. The van der Waals surface area contributed by atoms with Crippen LogP contribution in [-0.2, 0) is 13.0 Å². The SMILES string of the molecule is O=C(O)N1CCCc2ncnc(Oc3ccc4[nH]ccc4c3)c2C1. The number of rotatable bonds is 2. The topological polar surface area (TPSA) is 91.3 Å². The van der Waals surface area contributed by atoms with Crippen molar-refractivity contribution in [1.29, 1.82) is 0 Å². The van der Waals surface area contributed by atoms with Crippen molar-refractivity contribution in [2.75, 3.05) is 6.54 Å². The summed E-state index contributed by atoms with van der Waals surface area (Å²) < 4.78 is 5.95. The lowest BCUT2D eigenvalue weighted by molar-refractivity contribution is 0.143. The molecule has 2 aromatic heterocycles. The lowest BCUT2D eigenvalue weighted by Crippen LogP contribution is -2.29. The van der Waals surface area contributed by atoms with Gasteiger partial charge < -0.3 is 19.7 Å². The first-order chi connectivity index (χ1) is 11.7. The molecule has 0 fully saturated rings. The van der Waals surface area contributed by atoms with E-state index in [2.05, 4.69) is 15.0 Å². The molecule has 24 heavy (non-hydrogen) atoms. The van der Waals surface area contributed by atoms with Gasteiger partial charge in [-0.3, -0.25) is 0 Å². The van der Waals surface area contributed by atoms with Crippen LogP contribution < -0.4 is 4.74 Å². The average Bonchev–Trinajstić information content (AvgIpc) is 2.91. The number of aromatic amines is 1. The molecule has 7 heteroatoms. The Kier molecular flexibility index (Phi) is 3.53. The van der Waals surface area contributed by atoms with Gasteiger partial charge in [0.2, 0.25) is 5.88 Å². The fraction of sp³-hybridized carbons (Fsp3) is 0.235. The third-order valence-corrected chi connectivity index (χ3v) is 4.20. The van der Waals surface area contributed by atoms with Crippen LogP contribution in [0.4, 0.5) is 4.79 Å². The first-order valence-electron chi connectivity index (χ1n) is 7.76. The van der Waals surface area contributed by atoms with E-state index < -0.39 is 6.09 Å². The van der Waals surface area contributed by atoms with E-state index in [9.17, 15) is 9.90 Å². The smallest absolute Gasteiger partial charge is 0.407 e. The van der Waals surface area contributed by atoms with E-state index in [-0.39, 0.29) is 6.54 Å². The van der Waals surface area contributed by atoms with Gasteiger partial charge in [-0.25, -0.2) is 14.8 Å². The summed E-state index contributed by atoms with van der Waals surface area (Å²) in [6, 6.07) is 7.69. The van der Waals surface area contributed by atoms with Gasteiger partial charge in [-0.1, -0.05) is 0 Å². The molecule has 0 saturated carbocycles. The third-order valence-electron chi connectivity index (χ3n) is 4.20. The number of H-pyrrole nitrogens is 1. The average molecular weight is 324 g/mol. The number of aryl methyl sites for hydroxylation is 1. The zero-order valence-corrected chi connectivity index (χ0v) is 12.9. The van der Waals surface area contributed by atoms with Crippen molar-refractivity contribution in [2.45, 2.75) is 19.4 Å². The van der Waals surface area contributed by atoms with Crippen LogP contribution in [0.25, 0.3) is 10.9 Å². The number of carboxylic acid groups (broad SMARTS) is 1. The molecule has 0 radical (unpaired) electrons. The molecule has 3 heterocycles. The van der Waals surface area contributed by atoms with Crippen LogP contribution in [0.15, 0.2) is 36.8 Å². The normalized spacial score (nSPS) is 14.2. The molecular weight excluding hydrogens is 308 g/mol. The van der Waals surface area contributed by atoms with E-state index in [0.717, 1.165) is 35.0 Å². The summed E-state index contributed by atoms with van der Waals surface area (Å²) in [6.45, 7) is 0.730. The van der Waals surface area contributed by atoms with Crippen LogP contribution in [0.2, 0.25) is 0 Å². The first-order valence-corrected chi connectivity index (χ1v) is 7.76. The van der Waals surface area contributed by atoms with Gasteiger partial charge in [-0.05, 0) is 37.1 Å². The van der Waals surface area contributed by atoms with Crippen LogP contribution in [-0.4, -0.2) is 37.6 Å². The largest absolute Gasteiger partial charge is 0.465 e. The molecule has 0 saturated heterocycles. The van der Waals surface area contributed by atoms with E-state index in [4.69, 9.17) is 4.74 Å². The minimum atomic E-state index is -0.939. The molecule has 0 atom stereocenters. The highest BCUT2D eigenvalue weighted by Gasteiger charge is 2.23. The zero-order valence-electron chi connectivity index (χ0n) is 12.9. The predicted molar refractivity (Wildman–Crippen MR) is 87.2 cm³/mol. The lowest BCUT2D eigenvalue weighted by atomic mass is 10.1. The van der Waals surface area contributed by atoms with E-state index >= 15 is 0 Å². The first kappa shape index (κ1) is 14.5. The number of amides is 1. The number of benzene rings is 1. The maximum atomic E-state index is 11.3. The van der Waals surface area contributed by atoms with Crippen LogP contribution in [0.5, 0.6) is 11.6 Å². The number of carbonyl (C=O) groups is 1. The number of hydrogen-bond acceptors (Lipinski definition) is 4. The van der Waals surface area contributed by atoms with Gasteiger partial charge in [0.1, 0.15) is 12.1 Å². The Morgan fingerprint density at radius 2 is 2.21 bits per heavy atom. The van der Waals surface area contributed by atoms with Gasteiger partial charge in [0, 0.05) is 23.6 Å². The Balaban J connectivity index is 1.69. The number of fused-ring (bicyclic) bond motifs is 2. The minimum absolute atomic E-state index is 0.243. The highest BCUT2D eigenvalue weighted by molar-refractivity contribution is 5.80. The quantitative estimate of drug-likeness (QED) is 0.755. The van der Waals surface area contributed by atoms with Gasteiger partial charge >= 0.3 is 6.09 Å². The van der Waals surface area contributed by atoms with E-state index in [1.54, 1.807) is 0 Å². The summed E-state index contributed by atoms with van der Waals surface area (Å²) in [6.07, 6.45) is 3.86. The maximum absolute atomic E-state index is 11.3. The third kappa shape index (κ3) is 2.64. The number of ether oxygens (including phenoxy) is 1. The van der Waals surface area contributed by atoms with Gasteiger partial charge in [-0.15, -0.1) is 0 Å². The van der Waals surface area contributed by atoms with Crippen molar-refractivity contribution in [3.8, 4) is 11.6 Å². The van der Waals surface area contributed by atoms with Crippen molar-refractivity contribution in [1.82, 2.24) is 19.9 Å². The van der Waals surface area contributed by atoms with E-state index in [0.29, 0.717) is 18.2 Å². The Morgan fingerprint density at radius 1 is 1.29 bits per heavy atom. The molecule has 7 nitrogen and oxygen atoms in total. The van der Waals surface area contributed by atoms with Gasteiger partial charge in [0.15, 0.2) is 0 Å². The van der Waals surface area contributed by atoms with Crippen molar-refractivity contribution < 1.29 is 14.6 Å². The Labute approximate surface area is 137 Å². The van der Waals surface area contributed by atoms with Gasteiger partial charge in [0.05, 0.1) is 17.8 Å². The molecule has 1 aliphatic rings. The van der Waals surface area contributed by atoms with Crippen molar-refractivity contribution in [2.24, 2.45) is 0 Å². The summed E-state index contributed by atoms with van der Waals surface area (Å²) in [5.41, 5.74) is 2.62. The molecule has 3 aromatic rings. The molecule has 0 bridgehead atoms. The Hall–Kier alpha value is -3.09. The van der Waals surface area contributed by atoms with Gasteiger partial charge in [-0.2, -0.15) is 0 Å². The highest BCUT2D eigenvalue weighted by atomic mass is 16.5. The molecule has 2 N–H and O–H groups in total. The number of nitrogens with zero attached hydrogens (tertiary/aromatic N) is 3. The fourth-order valence-electron chi connectivity index (χ4n) is 2.97. The van der Waals surface area contributed by atoms with E-state index in [1.807, 2.05) is 30.5 Å². The van der Waals surface area contributed by atoms with Gasteiger partial charge in [0.25, 0.3) is 0 Å². The Bertz CT molecular complexity index is 906. The summed E-state index contributed by atoms with van der Waals surface area (Å²) in [5, 5.41) is 10.3. The molecule has 122 valence electrons. The molecule has 4 rings (SSSR count). The molecule has 0 spiro atoms. The van der Waals surface area contributed by atoms with E-state index in [1.165, 1.54) is 11.2 Å². The summed E-state index contributed by atoms with van der Waals surface area (Å²) in [4.78, 5) is 24.4. The van der Waals surface area contributed by atoms with Crippen LogP contribution >= 0.6 is 0 Å². The number of hydrogen-bond donors (Lipinski definition) is 2. The minimum Gasteiger partial charge on any atom is -0.465 e. The summed E-state index contributed by atoms with van der Waals surface area (Å²) in [7, 11) is 0. The second-order valence-corrected chi connectivity index (χ2v) is 5.74. The molecule has 0 aliphatic carbocycles. The van der Waals surface area contributed by atoms with Crippen molar-refractivity contribution >= 4 is 17.0 Å². The van der Waals surface area contributed by atoms with Crippen molar-refractivity contribution in [3.05, 3.63) is 48.0 Å². The maximum Gasteiger partial charge on any atom is 0.407 e. The fourth-order valence-corrected chi connectivity index (χ4v) is 2.97. The zero-order chi connectivity index (χ0) is 16.5. The molecule has 1 amide bonds. The molecular formula is C17H16N4O3. The molecule has 1 aromatic carbocycles. The number of nitrogens with one attached hydrogen (secondary N) is 1.